The Morgan fingerprint density at radius 1 is 1.13 bits per heavy atom. The topological polar surface area (TPSA) is 106 Å². The summed E-state index contributed by atoms with van der Waals surface area (Å²) in [6, 6.07) is 8.33. The average Bonchev–Trinajstić information content (AvgIpc) is 3.37. The third-order valence-electron chi connectivity index (χ3n) is 7.19. The zero-order valence-electron chi connectivity index (χ0n) is 22.9. The highest BCUT2D eigenvalue weighted by atomic mass is 32.2. The molecule has 202 valence electrons. The van der Waals surface area contributed by atoms with Gasteiger partial charge in [0.25, 0.3) is 0 Å². The largest absolute Gasteiger partial charge is 0.368 e. The number of sulfone groups is 1. The van der Waals surface area contributed by atoms with E-state index in [2.05, 4.69) is 76.1 Å². The molecule has 1 aliphatic rings. The van der Waals surface area contributed by atoms with Crippen LogP contribution in [0, 0.1) is 17.8 Å². The zero-order valence-corrected chi connectivity index (χ0v) is 23.7. The summed E-state index contributed by atoms with van der Waals surface area (Å²) >= 11 is 0. The number of anilines is 3. The Balaban J connectivity index is 1.42. The van der Waals surface area contributed by atoms with Crippen molar-refractivity contribution in [3.63, 3.8) is 0 Å². The standard InChI is InChI=1S/C29H33N7O2S/c1-6-7-12-35-16-21(14-32-35)29-30-11-10-27(34-29)33-28-13-24-23(19(2)3)8-9-26(25(24)15-31-28)36-17-22(20(36)4)18-39(5,37)38/h8-11,13-16,19-20,22H,12,17-18H2,1-5H3,(H,30,31,33,34)/t20-,22-/m1/s1. The molecule has 0 amide bonds. The molecule has 0 unspecified atom stereocenters. The molecular weight excluding hydrogens is 510 g/mol. The predicted octanol–water partition coefficient (Wildman–Crippen LogP) is 4.65. The van der Waals surface area contributed by atoms with E-state index >= 15 is 0 Å². The van der Waals surface area contributed by atoms with Gasteiger partial charge in [-0.05, 0) is 48.9 Å². The van der Waals surface area contributed by atoms with Crippen LogP contribution < -0.4 is 10.2 Å². The molecule has 1 fully saturated rings. The van der Waals surface area contributed by atoms with Crippen LogP contribution in [0.15, 0.2) is 49.1 Å². The van der Waals surface area contributed by atoms with E-state index in [1.165, 1.54) is 11.8 Å². The van der Waals surface area contributed by atoms with Gasteiger partial charge in [0.05, 0.1) is 17.5 Å². The van der Waals surface area contributed by atoms with E-state index in [9.17, 15) is 8.42 Å². The molecule has 3 aromatic heterocycles. The monoisotopic (exact) mass is 543 g/mol. The van der Waals surface area contributed by atoms with Crippen molar-refractivity contribution in [2.75, 3.05) is 28.8 Å². The van der Waals surface area contributed by atoms with Gasteiger partial charge in [-0.25, -0.2) is 23.4 Å². The molecule has 1 N–H and O–H groups in total. The van der Waals surface area contributed by atoms with Gasteiger partial charge in [0.1, 0.15) is 28.0 Å². The number of pyridine rings is 1. The highest BCUT2D eigenvalue weighted by Gasteiger charge is 2.38. The molecule has 0 radical (unpaired) electrons. The van der Waals surface area contributed by atoms with Crippen molar-refractivity contribution in [2.24, 2.45) is 5.92 Å². The summed E-state index contributed by atoms with van der Waals surface area (Å²) in [5.41, 5.74) is 3.12. The number of hydrogen-bond donors (Lipinski definition) is 1. The fourth-order valence-electron chi connectivity index (χ4n) is 5.08. The maximum atomic E-state index is 11.8. The molecule has 4 aromatic rings. The lowest BCUT2D eigenvalue weighted by Crippen LogP contribution is -2.57. The van der Waals surface area contributed by atoms with Crippen molar-refractivity contribution in [1.82, 2.24) is 24.7 Å². The summed E-state index contributed by atoms with van der Waals surface area (Å²) in [7, 11) is -3.01. The summed E-state index contributed by atoms with van der Waals surface area (Å²) in [6.07, 6.45) is 8.54. The van der Waals surface area contributed by atoms with E-state index in [0.29, 0.717) is 29.9 Å². The van der Waals surface area contributed by atoms with Crippen LogP contribution in [-0.2, 0) is 16.4 Å². The number of rotatable bonds is 8. The second-order valence-electron chi connectivity index (χ2n) is 10.4. The fraction of sp³-hybridized carbons (Fsp3) is 0.379. The summed E-state index contributed by atoms with van der Waals surface area (Å²) in [6.45, 7) is 9.49. The smallest absolute Gasteiger partial charge is 0.164 e. The SMILES string of the molecule is CC#CCn1cc(-c2nccc(Nc3cc4c(C(C)C)ccc(N5C[C@H](CS(C)(=O)=O)[C@H]5C)c4cn3)n2)cn1. The van der Waals surface area contributed by atoms with Gasteiger partial charge in [0.15, 0.2) is 5.82 Å². The molecule has 0 spiro atoms. The van der Waals surface area contributed by atoms with Gasteiger partial charge in [-0.15, -0.1) is 5.92 Å². The van der Waals surface area contributed by atoms with Gasteiger partial charge < -0.3 is 10.2 Å². The molecule has 1 saturated heterocycles. The van der Waals surface area contributed by atoms with E-state index in [1.54, 1.807) is 24.0 Å². The highest BCUT2D eigenvalue weighted by Crippen LogP contribution is 2.39. The third-order valence-corrected chi connectivity index (χ3v) is 8.22. The van der Waals surface area contributed by atoms with Crippen molar-refractivity contribution in [3.8, 4) is 23.2 Å². The number of nitrogens with one attached hydrogen (secondary N) is 1. The molecule has 5 rings (SSSR count). The molecular formula is C29H33N7O2S. The quantitative estimate of drug-likeness (QED) is 0.320. The summed E-state index contributed by atoms with van der Waals surface area (Å²) in [5, 5.41) is 9.85. The Morgan fingerprint density at radius 2 is 1.95 bits per heavy atom. The Kier molecular flexibility index (Phi) is 7.28. The minimum absolute atomic E-state index is 0.132. The maximum absolute atomic E-state index is 11.8. The van der Waals surface area contributed by atoms with Crippen LogP contribution in [0.25, 0.3) is 22.2 Å². The summed E-state index contributed by atoms with van der Waals surface area (Å²) < 4.78 is 25.4. The number of nitrogens with zero attached hydrogens (tertiary/aromatic N) is 6. The van der Waals surface area contributed by atoms with Crippen molar-refractivity contribution < 1.29 is 8.42 Å². The van der Waals surface area contributed by atoms with Gasteiger partial charge in [0, 0.05) is 54.4 Å². The first-order chi connectivity index (χ1) is 18.6. The van der Waals surface area contributed by atoms with Crippen molar-refractivity contribution in [3.05, 3.63) is 54.6 Å². The number of aromatic nitrogens is 5. The Hall–Kier alpha value is -3.97. The second-order valence-corrected chi connectivity index (χ2v) is 12.6. The molecule has 9 nitrogen and oxygen atoms in total. The van der Waals surface area contributed by atoms with E-state index in [0.717, 1.165) is 28.6 Å². The molecule has 2 atom stereocenters. The van der Waals surface area contributed by atoms with Crippen molar-refractivity contribution in [2.45, 2.75) is 46.2 Å². The van der Waals surface area contributed by atoms with Crippen molar-refractivity contribution >= 4 is 37.9 Å². The lowest BCUT2D eigenvalue weighted by molar-refractivity contribution is 0.342. The van der Waals surface area contributed by atoms with Crippen LogP contribution in [0.5, 0.6) is 0 Å². The van der Waals surface area contributed by atoms with E-state index < -0.39 is 9.84 Å². The second kappa shape index (κ2) is 10.7. The first-order valence-electron chi connectivity index (χ1n) is 13.0. The van der Waals surface area contributed by atoms with Crippen LogP contribution in [0.1, 0.15) is 39.2 Å². The molecule has 0 bridgehead atoms. The van der Waals surface area contributed by atoms with E-state index in [1.807, 2.05) is 18.5 Å². The Labute approximate surface area is 229 Å². The molecule has 0 aliphatic carbocycles. The summed E-state index contributed by atoms with van der Waals surface area (Å²) in [4.78, 5) is 16.1. The highest BCUT2D eigenvalue weighted by molar-refractivity contribution is 7.90. The average molecular weight is 544 g/mol. The van der Waals surface area contributed by atoms with E-state index in [-0.39, 0.29) is 17.7 Å². The Bertz CT molecular complexity index is 1680. The number of benzene rings is 1. The predicted molar refractivity (Wildman–Crippen MR) is 156 cm³/mol. The minimum atomic E-state index is -3.01. The van der Waals surface area contributed by atoms with Gasteiger partial charge in [-0.2, -0.15) is 5.10 Å². The van der Waals surface area contributed by atoms with Gasteiger partial charge >= 0.3 is 0 Å². The molecule has 10 heteroatoms. The normalized spacial score (nSPS) is 17.1. The van der Waals surface area contributed by atoms with Gasteiger partial charge in [0.2, 0.25) is 0 Å². The van der Waals surface area contributed by atoms with Crippen LogP contribution in [0.2, 0.25) is 0 Å². The van der Waals surface area contributed by atoms with Gasteiger partial charge in [-0.3, -0.25) is 4.68 Å². The minimum Gasteiger partial charge on any atom is -0.368 e. The lowest BCUT2D eigenvalue weighted by Gasteiger charge is -2.48. The molecule has 0 saturated carbocycles. The zero-order chi connectivity index (χ0) is 27.7. The molecule has 1 aromatic carbocycles. The van der Waals surface area contributed by atoms with Gasteiger partial charge in [-0.1, -0.05) is 25.8 Å². The first kappa shape index (κ1) is 26.6. The molecule has 4 heterocycles. The number of hydrogen-bond acceptors (Lipinski definition) is 8. The first-order valence-corrected chi connectivity index (χ1v) is 15.1. The third kappa shape index (κ3) is 5.73. The number of fused-ring (bicyclic) bond motifs is 1. The van der Waals surface area contributed by atoms with Crippen LogP contribution >= 0.6 is 0 Å². The lowest BCUT2D eigenvalue weighted by atomic mass is 9.88. The molecule has 39 heavy (non-hydrogen) atoms. The molecule has 1 aliphatic heterocycles. The Morgan fingerprint density at radius 3 is 2.67 bits per heavy atom. The van der Waals surface area contributed by atoms with Crippen molar-refractivity contribution in [1.29, 1.82) is 0 Å². The van der Waals surface area contributed by atoms with Crippen LogP contribution in [0.4, 0.5) is 17.3 Å². The maximum Gasteiger partial charge on any atom is 0.164 e. The summed E-state index contributed by atoms with van der Waals surface area (Å²) in [5.74, 6) is 8.42. The fourth-order valence-corrected chi connectivity index (χ4v) is 6.24. The van der Waals surface area contributed by atoms with Crippen LogP contribution in [0.3, 0.4) is 0 Å². The van der Waals surface area contributed by atoms with E-state index in [4.69, 9.17) is 4.98 Å². The van der Waals surface area contributed by atoms with Crippen LogP contribution in [-0.4, -0.2) is 57.7 Å².